The van der Waals surface area contributed by atoms with Gasteiger partial charge in [0.25, 0.3) is 5.91 Å². The second-order valence-corrected chi connectivity index (χ2v) is 5.83. The first kappa shape index (κ1) is 17.6. The van der Waals surface area contributed by atoms with Gasteiger partial charge in [0.2, 0.25) is 11.8 Å². The molecule has 0 saturated carbocycles. The summed E-state index contributed by atoms with van der Waals surface area (Å²) in [5, 5.41) is 4.40. The number of halogens is 1. The summed E-state index contributed by atoms with van der Waals surface area (Å²) in [6.07, 6.45) is 0.0591. The average Bonchev–Trinajstić information content (AvgIpc) is 3.10. The minimum absolute atomic E-state index is 0.0235. The van der Waals surface area contributed by atoms with E-state index in [0.717, 1.165) is 0 Å². The molecule has 0 aliphatic heterocycles. The van der Waals surface area contributed by atoms with E-state index in [2.05, 4.69) is 16.2 Å². The Labute approximate surface area is 142 Å². The molecule has 3 N–H and O–H groups in total. The summed E-state index contributed by atoms with van der Waals surface area (Å²) in [5.74, 6) is -1.46. The highest BCUT2D eigenvalue weighted by molar-refractivity contribution is 7.12. The van der Waals surface area contributed by atoms with Crippen LogP contribution >= 0.6 is 11.3 Å². The Bertz CT molecular complexity index is 702. The Hall–Kier alpha value is -2.74. The lowest BCUT2D eigenvalue weighted by molar-refractivity contribution is -0.128. The van der Waals surface area contributed by atoms with Gasteiger partial charge < -0.3 is 5.32 Å². The molecule has 0 radical (unpaired) electrons. The maximum Gasteiger partial charge on any atom is 0.261 e. The zero-order chi connectivity index (χ0) is 17.4. The van der Waals surface area contributed by atoms with Crippen LogP contribution in [0, 0.1) is 5.82 Å². The standard InChI is InChI=1S/C16H16FN3O3S/c17-12-5-3-11(4-6-12)10-15(22)20-19-14(21)7-8-18-16(23)13-2-1-9-24-13/h1-6,9H,7-8,10H2,(H,18,23)(H,19,21)(H,20,22). The van der Waals surface area contributed by atoms with Crippen molar-refractivity contribution < 1.29 is 18.8 Å². The van der Waals surface area contributed by atoms with Gasteiger partial charge in [-0.05, 0) is 29.1 Å². The Morgan fingerprint density at radius 1 is 1.00 bits per heavy atom. The molecule has 0 aliphatic carbocycles. The number of nitrogens with one attached hydrogen (secondary N) is 3. The molecule has 126 valence electrons. The number of hydrogen-bond donors (Lipinski definition) is 3. The van der Waals surface area contributed by atoms with Gasteiger partial charge >= 0.3 is 0 Å². The van der Waals surface area contributed by atoms with Crippen LogP contribution in [0.25, 0.3) is 0 Å². The van der Waals surface area contributed by atoms with Crippen LogP contribution in [0.15, 0.2) is 41.8 Å². The van der Waals surface area contributed by atoms with Gasteiger partial charge in [-0.3, -0.25) is 25.2 Å². The molecule has 1 heterocycles. The van der Waals surface area contributed by atoms with Crippen LogP contribution in [0.4, 0.5) is 4.39 Å². The number of carbonyl (C=O) groups excluding carboxylic acids is 3. The first-order chi connectivity index (χ1) is 11.5. The molecule has 0 saturated heterocycles. The smallest absolute Gasteiger partial charge is 0.261 e. The van der Waals surface area contributed by atoms with E-state index in [-0.39, 0.29) is 31.1 Å². The SMILES string of the molecule is O=C(CCNC(=O)c1cccs1)NNC(=O)Cc1ccc(F)cc1. The van der Waals surface area contributed by atoms with Gasteiger partial charge in [0.15, 0.2) is 0 Å². The van der Waals surface area contributed by atoms with Crippen LogP contribution in [0.5, 0.6) is 0 Å². The minimum atomic E-state index is -0.422. The van der Waals surface area contributed by atoms with Crippen LogP contribution in [0.2, 0.25) is 0 Å². The molecule has 1 aromatic carbocycles. The molecule has 8 heteroatoms. The molecule has 0 spiro atoms. The summed E-state index contributed by atoms with van der Waals surface area (Å²) in [7, 11) is 0. The van der Waals surface area contributed by atoms with E-state index >= 15 is 0 Å². The van der Waals surface area contributed by atoms with Crippen molar-refractivity contribution in [2.24, 2.45) is 0 Å². The zero-order valence-corrected chi connectivity index (χ0v) is 13.5. The first-order valence-electron chi connectivity index (χ1n) is 7.18. The Balaban J connectivity index is 1.63. The third-order valence-electron chi connectivity index (χ3n) is 3.00. The summed E-state index contributed by atoms with van der Waals surface area (Å²) in [4.78, 5) is 35.5. The molecule has 3 amide bonds. The van der Waals surface area contributed by atoms with Gasteiger partial charge in [-0.15, -0.1) is 11.3 Å². The van der Waals surface area contributed by atoms with Crippen molar-refractivity contribution in [1.82, 2.24) is 16.2 Å². The number of hydrazine groups is 1. The second-order valence-electron chi connectivity index (χ2n) is 4.88. The Morgan fingerprint density at radius 2 is 1.71 bits per heavy atom. The van der Waals surface area contributed by atoms with Crippen LogP contribution < -0.4 is 16.2 Å². The van der Waals surface area contributed by atoms with Crippen LogP contribution in [-0.4, -0.2) is 24.3 Å². The maximum absolute atomic E-state index is 12.8. The fourth-order valence-electron chi connectivity index (χ4n) is 1.82. The summed E-state index contributed by atoms with van der Waals surface area (Å²) in [5.41, 5.74) is 5.16. The molecule has 1 aromatic heterocycles. The minimum Gasteiger partial charge on any atom is -0.351 e. The van der Waals surface area contributed by atoms with Crippen molar-refractivity contribution in [1.29, 1.82) is 0 Å². The summed E-state index contributed by atoms with van der Waals surface area (Å²) in [6, 6.07) is 8.97. The largest absolute Gasteiger partial charge is 0.351 e. The average molecular weight is 349 g/mol. The van der Waals surface area contributed by atoms with E-state index in [0.29, 0.717) is 10.4 Å². The Kier molecular flexibility index (Phi) is 6.44. The number of rotatable bonds is 6. The van der Waals surface area contributed by atoms with Gasteiger partial charge in [-0.25, -0.2) is 4.39 Å². The van der Waals surface area contributed by atoms with Crippen molar-refractivity contribution in [3.63, 3.8) is 0 Å². The molecule has 6 nitrogen and oxygen atoms in total. The third-order valence-corrected chi connectivity index (χ3v) is 3.87. The first-order valence-corrected chi connectivity index (χ1v) is 8.06. The maximum atomic E-state index is 12.8. The molecular formula is C16H16FN3O3S. The highest BCUT2D eigenvalue weighted by Crippen LogP contribution is 2.07. The molecular weight excluding hydrogens is 333 g/mol. The van der Waals surface area contributed by atoms with Crippen molar-refractivity contribution in [2.45, 2.75) is 12.8 Å². The molecule has 0 aliphatic rings. The summed E-state index contributed by atoms with van der Waals surface area (Å²) in [6.45, 7) is 0.163. The van der Waals surface area contributed by atoms with Gasteiger partial charge in [0, 0.05) is 13.0 Å². The molecule has 0 atom stereocenters. The van der Waals surface area contributed by atoms with Gasteiger partial charge in [0.1, 0.15) is 5.82 Å². The fraction of sp³-hybridized carbons (Fsp3) is 0.188. The van der Waals surface area contributed by atoms with Crippen molar-refractivity contribution in [3.05, 3.63) is 58.0 Å². The highest BCUT2D eigenvalue weighted by Gasteiger charge is 2.08. The lowest BCUT2D eigenvalue weighted by Gasteiger charge is -2.08. The number of carbonyl (C=O) groups is 3. The van der Waals surface area contributed by atoms with E-state index in [1.165, 1.54) is 35.6 Å². The van der Waals surface area contributed by atoms with E-state index in [1.807, 2.05) is 0 Å². The third kappa shape index (κ3) is 5.81. The molecule has 2 aromatic rings. The molecule has 24 heavy (non-hydrogen) atoms. The molecule has 0 unspecified atom stereocenters. The second kappa shape index (κ2) is 8.78. The predicted molar refractivity (Wildman–Crippen MR) is 87.7 cm³/mol. The number of benzene rings is 1. The van der Waals surface area contributed by atoms with Crippen LogP contribution in [0.1, 0.15) is 21.7 Å². The fourth-order valence-corrected chi connectivity index (χ4v) is 2.46. The van der Waals surface area contributed by atoms with Crippen LogP contribution in [0.3, 0.4) is 0 Å². The quantitative estimate of drug-likeness (QED) is 0.689. The van der Waals surface area contributed by atoms with Gasteiger partial charge in [0.05, 0.1) is 11.3 Å². The number of thiophene rings is 1. The number of hydrogen-bond acceptors (Lipinski definition) is 4. The lowest BCUT2D eigenvalue weighted by Crippen LogP contribution is -2.43. The molecule has 0 fully saturated rings. The van der Waals surface area contributed by atoms with E-state index < -0.39 is 11.8 Å². The van der Waals surface area contributed by atoms with Crippen LogP contribution in [-0.2, 0) is 16.0 Å². The summed E-state index contributed by atoms with van der Waals surface area (Å²) >= 11 is 1.31. The van der Waals surface area contributed by atoms with E-state index in [4.69, 9.17) is 0 Å². The van der Waals surface area contributed by atoms with Crippen molar-refractivity contribution >= 4 is 29.1 Å². The highest BCUT2D eigenvalue weighted by atomic mass is 32.1. The van der Waals surface area contributed by atoms with E-state index in [9.17, 15) is 18.8 Å². The van der Waals surface area contributed by atoms with E-state index in [1.54, 1.807) is 17.5 Å². The Morgan fingerprint density at radius 3 is 2.38 bits per heavy atom. The number of amides is 3. The zero-order valence-electron chi connectivity index (χ0n) is 12.7. The monoisotopic (exact) mass is 349 g/mol. The molecule has 2 rings (SSSR count). The van der Waals surface area contributed by atoms with Crippen molar-refractivity contribution in [2.75, 3.05) is 6.54 Å². The summed E-state index contributed by atoms with van der Waals surface area (Å²) < 4.78 is 12.8. The lowest BCUT2D eigenvalue weighted by atomic mass is 10.1. The topological polar surface area (TPSA) is 87.3 Å². The normalized spacial score (nSPS) is 10.0. The van der Waals surface area contributed by atoms with Gasteiger partial charge in [-0.2, -0.15) is 0 Å². The van der Waals surface area contributed by atoms with Crippen molar-refractivity contribution in [3.8, 4) is 0 Å². The molecule has 0 bridgehead atoms. The van der Waals surface area contributed by atoms with Gasteiger partial charge in [-0.1, -0.05) is 18.2 Å². The predicted octanol–water partition coefficient (Wildman–Crippen LogP) is 1.40.